The Morgan fingerprint density at radius 1 is 0.485 bits per heavy atom. The molecule has 33 heavy (non-hydrogen) atoms. The molecule has 3 heteroatoms. The van der Waals surface area contributed by atoms with Crippen molar-refractivity contribution in [1.29, 1.82) is 0 Å². The average molecular weight is 469 g/mol. The van der Waals surface area contributed by atoms with Gasteiger partial charge in [0, 0.05) is 13.0 Å². The smallest absolute Gasteiger partial charge is 0.305 e. The van der Waals surface area contributed by atoms with Crippen LogP contribution in [0.2, 0.25) is 0 Å². The second-order valence-electron chi connectivity index (χ2n) is 10.2. The largest absolute Gasteiger partial charge is 0.466 e. The first kappa shape index (κ1) is 32.4. The van der Waals surface area contributed by atoms with E-state index in [2.05, 4.69) is 6.92 Å². The molecule has 0 saturated carbocycles. The number of unbranched alkanes of at least 4 members (excludes halogenated alkanes) is 23. The molecule has 0 spiro atoms. The number of rotatable bonds is 28. The number of hydrogen-bond donors (Lipinski definition) is 1. The highest BCUT2D eigenvalue weighted by Gasteiger charge is 2.02. The maximum atomic E-state index is 11.8. The van der Waals surface area contributed by atoms with Gasteiger partial charge >= 0.3 is 5.97 Å². The first-order chi connectivity index (χ1) is 16.3. The van der Waals surface area contributed by atoms with Gasteiger partial charge in [-0.25, -0.2) is 0 Å². The van der Waals surface area contributed by atoms with Crippen molar-refractivity contribution in [2.75, 3.05) is 13.2 Å². The van der Waals surface area contributed by atoms with E-state index < -0.39 is 0 Å². The molecule has 3 nitrogen and oxygen atoms in total. The summed E-state index contributed by atoms with van der Waals surface area (Å²) in [7, 11) is 0. The molecule has 0 atom stereocenters. The van der Waals surface area contributed by atoms with Gasteiger partial charge < -0.3 is 9.84 Å². The molecular formula is C30H60O3. The minimum Gasteiger partial charge on any atom is -0.466 e. The summed E-state index contributed by atoms with van der Waals surface area (Å²) < 4.78 is 5.38. The minimum atomic E-state index is 0.00701. The summed E-state index contributed by atoms with van der Waals surface area (Å²) in [6.07, 6.45) is 33.0. The molecule has 0 rings (SSSR count). The Balaban J connectivity index is 3.13. The fourth-order valence-corrected chi connectivity index (χ4v) is 4.53. The van der Waals surface area contributed by atoms with Crippen molar-refractivity contribution in [2.24, 2.45) is 0 Å². The highest BCUT2D eigenvalue weighted by molar-refractivity contribution is 5.69. The highest BCUT2D eigenvalue weighted by Crippen LogP contribution is 2.14. The molecule has 0 aromatic heterocycles. The van der Waals surface area contributed by atoms with E-state index in [9.17, 15) is 4.79 Å². The Hall–Kier alpha value is -0.570. The van der Waals surface area contributed by atoms with Crippen molar-refractivity contribution in [3.8, 4) is 0 Å². The Morgan fingerprint density at radius 2 is 0.818 bits per heavy atom. The van der Waals surface area contributed by atoms with Gasteiger partial charge in [-0.2, -0.15) is 0 Å². The summed E-state index contributed by atoms with van der Waals surface area (Å²) in [6, 6.07) is 0. The van der Waals surface area contributed by atoms with E-state index in [1.54, 1.807) is 0 Å². The van der Waals surface area contributed by atoms with Crippen molar-refractivity contribution in [2.45, 2.75) is 174 Å². The maximum Gasteiger partial charge on any atom is 0.305 e. The lowest BCUT2D eigenvalue weighted by Crippen LogP contribution is -2.05. The number of esters is 1. The van der Waals surface area contributed by atoms with Crippen molar-refractivity contribution in [3.63, 3.8) is 0 Å². The maximum absolute atomic E-state index is 11.8. The van der Waals surface area contributed by atoms with Gasteiger partial charge in [-0.1, -0.05) is 148 Å². The molecule has 0 bridgehead atoms. The lowest BCUT2D eigenvalue weighted by atomic mass is 10.0. The van der Waals surface area contributed by atoms with Crippen LogP contribution in [-0.2, 0) is 9.53 Å². The van der Waals surface area contributed by atoms with Crippen molar-refractivity contribution >= 4 is 5.97 Å². The number of hydrogen-bond acceptors (Lipinski definition) is 3. The standard InChI is InChI=1S/C30H60O3/c1-2-3-4-5-6-7-8-9-10-11-12-15-18-21-24-27-30(32)33-29-26-23-20-17-14-13-16-19-22-25-28-31/h31H,2-29H2,1H3. The quantitative estimate of drug-likeness (QED) is 0.0918. The molecule has 0 radical (unpaired) electrons. The molecule has 1 N–H and O–H groups in total. The Labute approximate surface area is 207 Å². The minimum absolute atomic E-state index is 0.00701. The average Bonchev–Trinajstić information content (AvgIpc) is 2.82. The van der Waals surface area contributed by atoms with Gasteiger partial charge in [-0.05, 0) is 19.3 Å². The lowest BCUT2D eigenvalue weighted by molar-refractivity contribution is -0.143. The number of ether oxygens (including phenoxy) is 1. The van der Waals surface area contributed by atoms with Crippen LogP contribution in [0.15, 0.2) is 0 Å². The van der Waals surface area contributed by atoms with Gasteiger partial charge in [-0.3, -0.25) is 4.79 Å². The number of carbonyl (C=O) groups is 1. The van der Waals surface area contributed by atoms with Gasteiger partial charge in [0.1, 0.15) is 0 Å². The third-order valence-corrected chi connectivity index (χ3v) is 6.80. The zero-order chi connectivity index (χ0) is 24.1. The first-order valence-corrected chi connectivity index (χ1v) is 15.1. The zero-order valence-corrected chi connectivity index (χ0v) is 22.6. The van der Waals surface area contributed by atoms with Crippen LogP contribution in [0.4, 0.5) is 0 Å². The third kappa shape index (κ3) is 29.4. The van der Waals surface area contributed by atoms with E-state index in [1.165, 1.54) is 141 Å². The molecule has 0 aromatic rings. The van der Waals surface area contributed by atoms with Crippen LogP contribution in [-0.4, -0.2) is 24.3 Å². The van der Waals surface area contributed by atoms with Crippen molar-refractivity contribution in [1.82, 2.24) is 0 Å². The topological polar surface area (TPSA) is 46.5 Å². The molecular weight excluding hydrogens is 408 g/mol. The molecule has 0 heterocycles. The number of aliphatic hydroxyl groups excluding tert-OH is 1. The SMILES string of the molecule is CCCCCCCCCCCCCCCCCC(=O)OCCCCCCCCCCCCO. The lowest BCUT2D eigenvalue weighted by Gasteiger charge is -2.06. The molecule has 0 saturated heterocycles. The van der Waals surface area contributed by atoms with Crippen LogP contribution in [0.3, 0.4) is 0 Å². The molecule has 198 valence electrons. The van der Waals surface area contributed by atoms with E-state index in [1.807, 2.05) is 0 Å². The van der Waals surface area contributed by atoms with Crippen LogP contribution >= 0.6 is 0 Å². The molecule has 0 aliphatic carbocycles. The summed E-state index contributed by atoms with van der Waals surface area (Å²) in [5.41, 5.74) is 0. The summed E-state index contributed by atoms with van der Waals surface area (Å²) in [4.78, 5) is 11.8. The summed E-state index contributed by atoms with van der Waals surface area (Å²) in [6.45, 7) is 3.23. The van der Waals surface area contributed by atoms with Crippen LogP contribution in [0.25, 0.3) is 0 Å². The predicted molar refractivity (Wildman–Crippen MR) is 144 cm³/mol. The number of aliphatic hydroxyl groups is 1. The van der Waals surface area contributed by atoms with E-state index >= 15 is 0 Å². The van der Waals surface area contributed by atoms with Crippen molar-refractivity contribution < 1.29 is 14.6 Å². The Bertz CT molecular complexity index is 370. The van der Waals surface area contributed by atoms with E-state index in [4.69, 9.17) is 9.84 Å². The molecule has 0 aliphatic heterocycles. The normalized spacial score (nSPS) is 11.2. The Morgan fingerprint density at radius 3 is 1.21 bits per heavy atom. The summed E-state index contributed by atoms with van der Waals surface area (Å²) >= 11 is 0. The molecule has 0 unspecified atom stereocenters. The first-order valence-electron chi connectivity index (χ1n) is 15.1. The van der Waals surface area contributed by atoms with Gasteiger partial charge in [0.05, 0.1) is 6.61 Å². The predicted octanol–water partition coefficient (Wildman–Crippen LogP) is 9.68. The monoisotopic (exact) mass is 468 g/mol. The fourth-order valence-electron chi connectivity index (χ4n) is 4.53. The number of carbonyl (C=O) groups excluding carboxylic acids is 1. The van der Waals surface area contributed by atoms with Crippen LogP contribution in [0.1, 0.15) is 174 Å². The second kappa shape index (κ2) is 29.5. The van der Waals surface area contributed by atoms with E-state index in [0.717, 1.165) is 19.3 Å². The van der Waals surface area contributed by atoms with Gasteiger partial charge in [0.25, 0.3) is 0 Å². The summed E-state index contributed by atoms with van der Waals surface area (Å²) in [5, 5.41) is 8.75. The van der Waals surface area contributed by atoms with Gasteiger partial charge in [0.15, 0.2) is 0 Å². The molecule has 0 aromatic carbocycles. The molecule has 0 aliphatic rings. The zero-order valence-electron chi connectivity index (χ0n) is 22.6. The van der Waals surface area contributed by atoms with Crippen LogP contribution in [0, 0.1) is 0 Å². The highest BCUT2D eigenvalue weighted by atomic mass is 16.5. The molecule has 0 amide bonds. The van der Waals surface area contributed by atoms with Gasteiger partial charge in [0.2, 0.25) is 0 Å². The third-order valence-electron chi connectivity index (χ3n) is 6.80. The second-order valence-corrected chi connectivity index (χ2v) is 10.2. The molecule has 0 fully saturated rings. The van der Waals surface area contributed by atoms with Crippen LogP contribution in [0.5, 0.6) is 0 Å². The van der Waals surface area contributed by atoms with Gasteiger partial charge in [-0.15, -0.1) is 0 Å². The van der Waals surface area contributed by atoms with Crippen LogP contribution < -0.4 is 0 Å². The van der Waals surface area contributed by atoms with E-state index in [-0.39, 0.29) is 5.97 Å². The van der Waals surface area contributed by atoms with E-state index in [0.29, 0.717) is 19.6 Å². The van der Waals surface area contributed by atoms with Crippen molar-refractivity contribution in [3.05, 3.63) is 0 Å². The summed E-state index contributed by atoms with van der Waals surface area (Å²) in [5.74, 6) is 0.00701. The fraction of sp³-hybridized carbons (Fsp3) is 0.967. The Kier molecular flexibility index (Phi) is 29.0.